The normalized spacial score (nSPS) is 18.7. The van der Waals surface area contributed by atoms with Gasteiger partial charge in [0.15, 0.2) is 0 Å². The molecule has 1 saturated heterocycles. The van der Waals surface area contributed by atoms with E-state index in [1.165, 1.54) is 24.1 Å². The molecule has 3 heterocycles. The summed E-state index contributed by atoms with van der Waals surface area (Å²) in [6, 6.07) is 8.62. The van der Waals surface area contributed by atoms with E-state index >= 15 is 0 Å². The van der Waals surface area contributed by atoms with E-state index in [9.17, 15) is 0 Å². The fraction of sp³-hybridized carbons (Fsp3) is 0.438. The Labute approximate surface area is 124 Å². The molecule has 4 rings (SSSR count). The summed E-state index contributed by atoms with van der Waals surface area (Å²) >= 11 is 0. The van der Waals surface area contributed by atoms with Crippen LogP contribution in [-0.2, 0) is 13.1 Å². The highest BCUT2D eigenvalue weighted by atomic mass is 15.5. The Bertz CT molecular complexity index is 610. The molecule has 0 amide bonds. The van der Waals surface area contributed by atoms with Crippen LogP contribution in [-0.4, -0.2) is 34.2 Å². The molecular weight excluding hydrogens is 262 g/mol. The van der Waals surface area contributed by atoms with Crippen LogP contribution in [0.25, 0.3) is 11.4 Å². The van der Waals surface area contributed by atoms with Crippen LogP contribution in [0.2, 0.25) is 0 Å². The number of fused-ring (bicyclic) bond motifs is 1. The Morgan fingerprint density at radius 3 is 2.67 bits per heavy atom. The number of imidazole rings is 1. The fourth-order valence-electron chi connectivity index (χ4n) is 3.14. The summed E-state index contributed by atoms with van der Waals surface area (Å²) < 4.78 is 2.32. The van der Waals surface area contributed by atoms with E-state index in [2.05, 4.69) is 49.6 Å². The number of rotatable bonds is 3. The maximum absolute atomic E-state index is 4.59. The van der Waals surface area contributed by atoms with Crippen LogP contribution in [0.4, 0.5) is 5.69 Å². The second kappa shape index (κ2) is 5.50. The monoisotopic (exact) mass is 283 g/mol. The van der Waals surface area contributed by atoms with Crippen LogP contribution in [0.3, 0.4) is 0 Å². The lowest BCUT2D eigenvalue weighted by Gasteiger charge is -2.19. The summed E-state index contributed by atoms with van der Waals surface area (Å²) in [5, 5.41) is 5.67. The quantitative estimate of drug-likeness (QED) is 0.905. The summed E-state index contributed by atoms with van der Waals surface area (Å²) in [4.78, 5) is 4.59. The van der Waals surface area contributed by atoms with Gasteiger partial charge >= 0.3 is 0 Å². The lowest BCUT2D eigenvalue weighted by molar-refractivity contribution is 0.410. The molecule has 1 aromatic carbocycles. The molecule has 5 nitrogen and oxygen atoms in total. The van der Waals surface area contributed by atoms with Crippen molar-refractivity contribution in [2.75, 3.05) is 25.1 Å². The molecule has 1 aromatic heterocycles. The Morgan fingerprint density at radius 1 is 1.05 bits per heavy atom. The van der Waals surface area contributed by atoms with Crippen LogP contribution in [0.5, 0.6) is 0 Å². The number of hydrazine groups is 1. The van der Waals surface area contributed by atoms with Crippen molar-refractivity contribution < 1.29 is 0 Å². The topological polar surface area (TPSA) is 45.1 Å². The molecule has 2 aromatic rings. The number of hydrogen-bond acceptors (Lipinski definition) is 4. The third-order valence-electron chi connectivity index (χ3n) is 4.29. The Kier molecular flexibility index (Phi) is 3.37. The van der Waals surface area contributed by atoms with Gasteiger partial charge in [0.25, 0.3) is 0 Å². The molecule has 0 unspecified atom stereocenters. The van der Waals surface area contributed by atoms with Crippen molar-refractivity contribution >= 4 is 5.69 Å². The summed E-state index contributed by atoms with van der Waals surface area (Å²) in [5.74, 6) is 1.08. The van der Waals surface area contributed by atoms with Gasteiger partial charge < -0.3 is 15.3 Å². The van der Waals surface area contributed by atoms with Crippen molar-refractivity contribution in [1.29, 1.82) is 0 Å². The van der Waals surface area contributed by atoms with Gasteiger partial charge in [-0.3, -0.25) is 0 Å². The van der Waals surface area contributed by atoms with Crippen LogP contribution >= 0.6 is 0 Å². The lowest BCUT2D eigenvalue weighted by atomic mass is 10.2. The van der Waals surface area contributed by atoms with Crippen LogP contribution < -0.4 is 10.7 Å². The first-order chi connectivity index (χ1) is 10.4. The molecule has 0 atom stereocenters. The maximum atomic E-state index is 4.59. The average molecular weight is 283 g/mol. The van der Waals surface area contributed by atoms with E-state index in [1.807, 2.05) is 6.20 Å². The summed E-state index contributed by atoms with van der Waals surface area (Å²) in [6.07, 6.45) is 4.57. The second-order valence-electron chi connectivity index (χ2n) is 5.78. The molecule has 1 fully saturated rings. The van der Waals surface area contributed by atoms with Crippen molar-refractivity contribution in [3.05, 3.63) is 36.2 Å². The fourth-order valence-corrected chi connectivity index (χ4v) is 3.14. The van der Waals surface area contributed by atoms with Gasteiger partial charge in [0.05, 0.1) is 11.9 Å². The van der Waals surface area contributed by atoms with E-state index in [4.69, 9.17) is 0 Å². The molecule has 2 aliphatic rings. The highest BCUT2D eigenvalue weighted by molar-refractivity contribution is 5.60. The maximum Gasteiger partial charge on any atom is 0.140 e. The van der Waals surface area contributed by atoms with Gasteiger partial charge in [-0.1, -0.05) is 0 Å². The van der Waals surface area contributed by atoms with E-state index in [0.717, 1.165) is 44.2 Å². The molecule has 110 valence electrons. The van der Waals surface area contributed by atoms with Gasteiger partial charge in [-0.15, -0.1) is 0 Å². The van der Waals surface area contributed by atoms with E-state index in [0.29, 0.717) is 0 Å². The van der Waals surface area contributed by atoms with E-state index in [-0.39, 0.29) is 0 Å². The number of hydrogen-bond donors (Lipinski definition) is 2. The number of nitrogens with zero attached hydrogens (tertiary/aromatic N) is 3. The van der Waals surface area contributed by atoms with Gasteiger partial charge in [-0.2, -0.15) is 0 Å². The smallest absolute Gasteiger partial charge is 0.140 e. The highest BCUT2D eigenvalue weighted by Crippen LogP contribution is 2.23. The molecule has 0 bridgehead atoms. The summed E-state index contributed by atoms with van der Waals surface area (Å²) in [5.41, 5.74) is 7.10. The summed E-state index contributed by atoms with van der Waals surface area (Å²) in [7, 11) is 0. The van der Waals surface area contributed by atoms with E-state index in [1.54, 1.807) is 0 Å². The number of nitrogens with one attached hydrogen (secondary N) is 2. The minimum atomic E-state index is 0.918. The molecule has 0 spiro atoms. The minimum Gasteiger partial charge on any atom is -0.326 e. The van der Waals surface area contributed by atoms with Crippen molar-refractivity contribution in [2.24, 2.45) is 0 Å². The molecule has 0 aliphatic carbocycles. The third-order valence-corrected chi connectivity index (χ3v) is 4.29. The van der Waals surface area contributed by atoms with Gasteiger partial charge in [0, 0.05) is 44.0 Å². The number of aromatic nitrogens is 2. The molecule has 2 N–H and O–H groups in total. The van der Waals surface area contributed by atoms with Gasteiger partial charge in [-0.25, -0.2) is 9.99 Å². The number of benzene rings is 1. The standard InChI is InChI=1S/C16H21N5/c1-2-9-20(8-1)19-14-5-3-13(4-6-14)16-18-12-15-11-17-7-10-21(15)16/h3-6,12,17,19H,1-2,7-11H2. The second-order valence-corrected chi connectivity index (χ2v) is 5.78. The predicted molar refractivity (Wildman–Crippen MR) is 83.8 cm³/mol. The zero-order chi connectivity index (χ0) is 14.1. The first-order valence-corrected chi connectivity index (χ1v) is 7.77. The first kappa shape index (κ1) is 12.9. The first-order valence-electron chi connectivity index (χ1n) is 7.77. The van der Waals surface area contributed by atoms with Crippen molar-refractivity contribution in [3.8, 4) is 11.4 Å². The highest BCUT2D eigenvalue weighted by Gasteiger charge is 2.15. The Hall–Kier alpha value is -1.85. The molecule has 21 heavy (non-hydrogen) atoms. The van der Waals surface area contributed by atoms with Crippen molar-refractivity contribution in [3.63, 3.8) is 0 Å². The van der Waals surface area contributed by atoms with Crippen LogP contribution in [0.1, 0.15) is 18.5 Å². The lowest BCUT2D eigenvalue weighted by Crippen LogP contribution is -2.28. The van der Waals surface area contributed by atoms with Gasteiger partial charge in [-0.05, 0) is 37.1 Å². The zero-order valence-corrected chi connectivity index (χ0v) is 12.2. The molecule has 0 radical (unpaired) electrons. The Balaban J connectivity index is 1.54. The largest absolute Gasteiger partial charge is 0.326 e. The third kappa shape index (κ3) is 2.54. The van der Waals surface area contributed by atoms with Gasteiger partial charge in [0.2, 0.25) is 0 Å². The molecular formula is C16H21N5. The Morgan fingerprint density at radius 2 is 1.86 bits per heavy atom. The SMILES string of the molecule is c1cc(-c2ncc3n2CCNC3)ccc1NN1CCCC1. The van der Waals surface area contributed by atoms with Crippen molar-refractivity contribution in [1.82, 2.24) is 19.9 Å². The number of anilines is 1. The predicted octanol–water partition coefficient (Wildman–Crippen LogP) is 2.08. The summed E-state index contributed by atoms with van der Waals surface area (Å²) in [6.45, 7) is 5.22. The zero-order valence-electron chi connectivity index (χ0n) is 12.2. The molecule has 2 aliphatic heterocycles. The molecule has 0 saturated carbocycles. The van der Waals surface area contributed by atoms with Crippen LogP contribution in [0.15, 0.2) is 30.5 Å². The van der Waals surface area contributed by atoms with E-state index < -0.39 is 0 Å². The van der Waals surface area contributed by atoms with Crippen LogP contribution in [0, 0.1) is 0 Å². The minimum absolute atomic E-state index is 0.918. The van der Waals surface area contributed by atoms with Crippen molar-refractivity contribution in [2.45, 2.75) is 25.9 Å². The average Bonchev–Trinajstić information content (AvgIpc) is 3.17. The molecule has 5 heteroatoms. The van der Waals surface area contributed by atoms with Gasteiger partial charge in [0.1, 0.15) is 5.82 Å².